The fourth-order valence-electron chi connectivity index (χ4n) is 2.62. The Bertz CT molecular complexity index is 795. The zero-order valence-electron chi connectivity index (χ0n) is 12.0. The minimum Gasteiger partial charge on any atom is -0.459 e. The summed E-state index contributed by atoms with van der Waals surface area (Å²) in [7, 11) is 0. The maximum atomic E-state index is 6.11. The van der Waals surface area contributed by atoms with Crippen molar-refractivity contribution in [2.24, 2.45) is 5.84 Å². The molecule has 3 N–H and O–H groups in total. The lowest BCUT2D eigenvalue weighted by molar-refractivity contribution is 0.475. The van der Waals surface area contributed by atoms with Gasteiger partial charge in [-0.3, -0.25) is 5.84 Å². The van der Waals surface area contributed by atoms with Crippen LogP contribution < -0.4 is 11.3 Å². The van der Waals surface area contributed by atoms with Crippen LogP contribution in [0.2, 0.25) is 5.02 Å². The van der Waals surface area contributed by atoms with Gasteiger partial charge in [-0.25, -0.2) is 5.43 Å². The number of nitrogens with one attached hydrogen (secondary N) is 1. The van der Waals surface area contributed by atoms with Crippen LogP contribution in [0.25, 0.3) is 11.0 Å². The Balaban J connectivity index is 2.13. The second-order valence-electron chi connectivity index (χ2n) is 5.24. The summed E-state index contributed by atoms with van der Waals surface area (Å²) in [6, 6.07) is 13.7. The van der Waals surface area contributed by atoms with Crippen molar-refractivity contribution in [1.29, 1.82) is 0 Å². The molecular formula is C17H17ClN2O. The van der Waals surface area contributed by atoms with Crippen LogP contribution in [-0.2, 0) is 0 Å². The highest BCUT2D eigenvalue weighted by molar-refractivity contribution is 6.30. The molecule has 4 heteroatoms. The monoisotopic (exact) mass is 300 g/mol. The lowest BCUT2D eigenvalue weighted by Crippen LogP contribution is -2.29. The van der Waals surface area contributed by atoms with Gasteiger partial charge in [0.15, 0.2) is 0 Å². The standard InChI is InChI=1S/C17H17ClN2O/c1-10-6-7-13(18)9-14(10)16(20-19)15-8-12-5-3-4-11(2)17(12)21-15/h3-9,16,20H,19H2,1-2H3. The van der Waals surface area contributed by atoms with Gasteiger partial charge in [0, 0.05) is 10.4 Å². The molecule has 0 amide bonds. The first kappa shape index (κ1) is 14.1. The Kier molecular flexibility index (Phi) is 3.72. The molecule has 0 radical (unpaired) electrons. The number of aryl methyl sites for hydroxylation is 2. The van der Waals surface area contributed by atoms with E-state index >= 15 is 0 Å². The lowest BCUT2D eigenvalue weighted by atomic mass is 9.99. The Morgan fingerprint density at radius 1 is 1.10 bits per heavy atom. The van der Waals surface area contributed by atoms with Crippen molar-refractivity contribution in [2.75, 3.05) is 0 Å². The lowest BCUT2D eigenvalue weighted by Gasteiger charge is -2.16. The first-order valence-corrected chi connectivity index (χ1v) is 7.19. The maximum absolute atomic E-state index is 6.11. The van der Waals surface area contributed by atoms with Gasteiger partial charge in [-0.15, -0.1) is 0 Å². The summed E-state index contributed by atoms with van der Waals surface area (Å²) in [5.74, 6) is 6.55. The number of benzene rings is 2. The predicted octanol–water partition coefficient (Wildman–Crippen LogP) is 4.26. The zero-order valence-corrected chi connectivity index (χ0v) is 12.7. The molecule has 0 aliphatic rings. The third-order valence-corrected chi connectivity index (χ3v) is 4.00. The van der Waals surface area contributed by atoms with E-state index in [0.29, 0.717) is 5.02 Å². The van der Waals surface area contributed by atoms with Crippen molar-refractivity contribution in [3.8, 4) is 0 Å². The number of hydrogen-bond donors (Lipinski definition) is 2. The number of furan rings is 1. The Hall–Kier alpha value is -1.81. The topological polar surface area (TPSA) is 51.2 Å². The maximum Gasteiger partial charge on any atom is 0.137 e. The number of hydrogen-bond acceptors (Lipinski definition) is 3. The van der Waals surface area contributed by atoms with E-state index in [1.54, 1.807) is 0 Å². The molecule has 0 bridgehead atoms. The molecule has 0 fully saturated rings. The van der Waals surface area contributed by atoms with Gasteiger partial charge in [-0.1, -0.05) is 35.9 Å². The Labute approximate surface area is 128 Å². The number of fused-ring (bicyclic) bond motifs is 1. The van der Waals surface area contributed by atoms with E-state index in [4.69, 9.17) is 21.9 Å². The summed E-state index contributed by atoms with van der Waals surface area (Å²) in [5, 5.41) is 1.76. The highest BCUT2D eigenvalue weighted by Gasteiger charge is 2.19. The minimum atomic E-state index is -0.226. The van der Waals surface area contributed by atoms with Gasteiger partial charge in [0.05, 0.1) is 0 Å². The summed E-state index contributed by atoms with van der Waals surface area (Å²) in [6.45, 7) is 4.06. The summed E-state index contributed by atoms with van der Waals surface area (Å²) in [5.41, 5.74) is 6.96. The molecule has 0 aliphatic carbocycles. The zero-order chi connectivity index (χ0) is 15.0. The van der Waals surface area contributed by atoms with E-state index < -0.39 is 0 Å². The Morgan fingerprint density at radius 3 is 2.62 bits per heavy atom. The first-order valence-electron chi connectivity index (χ1n) is 6.81. The molecule has 2 aromatic carbocycles. The number of hydrazine groups is 1. The molecule has 0 spiro atoms. The Morgan fingerprint density at radius 2 is 1.90 bits per heavy atom. The molecule has 1 atom stereocenters. The van der Waals surface area contributed by atoms with Crippen LogP contribution in [0.1, 0.15) is 28.5 Å². The van der Waals surface area contributed by atoms with Crippen LogP contribution in [-0.4, -0.2) is 0 Å². The van der Waals surface area contributed by atoms with Crippen LogP contribution in [0.5, 0.6) is 0 Å². The molecule has 0 saturated heterocycles. The van der Waals surface area contributed by atoms with Crippen molar-refractivity contribution >= 4 is 22.6 Å². The van der Waals surface area contributed by atoms with Crippen molar-refractivity contribution in [1.82, 2.24) is 5.43 Å². The number of nitrogens with two attached hydrogens (primary N) is 1. The molecule has 3 rings (SSSR count). The SMILES string of the molecule is Cc1ccc(Cl)cc1C(NN)c1cc2cccc(C)c2o1. The van der Waals surface area contributed by atoms with Crippen molar-refractivity contribution < 1.29 is 4.42 Å². The second kappa shape index (κ2) is 5.53. The molecule has 3 aromatic rings. The van der Waals surface area contributed by atoms with Gasteiger partial charge in [-0.2, -0.15) is 0 Å². The fourth-order valence-corrected chi connectivity index (χ4v) is 2.80. The number of rotatable bonds is 3. The van der Waals surface area contributed by atoms with Gasteiger partial charge >= 0.3 is 0 Å². The smallest absolute Gasteiger partial charge is 0.137 e. The molecule has 1 unspecified atom stereocenters. The summed E-state index contributed by atoms with van der Waals surface area (Å²) in [4.78, 5) is 0. The van der Waals surface area contributed by atoms with Crippen LogP contribution in [0.15, 0.2) is 46.9 Å². The third kappa shape index (κ3) is 2.56. The van der Waals surface area contributed by atoms with Crippen LogP contribution in [0, 0.1) is 13.8 Å². The highest BCUT2D eigenvalue weighted by atomic mass is 35.5. The third-order valence-electron chi connectivity index (χ3n) is 3.76. The van der Waals surface area contributed by atoms with E-state index in [1.165, 1.54) is 0 Å². The summed E-state index contributed by atoms with van der Waals surface area (Å²) in [6.07, 6.45) is 0. The quantitative estimate of drug-likeness (QED) is 0.561. The van der Waals surface area contributed by atoms with Gasteiger partial charge in [0.1, 0.15) is 17.4 Å². The van der Waals surface area contributed by atoms with Gasteiger partial charge in [0.2, 0.25) is 0 Å². The number of para-hydroxylation sites is 1. The van der Waals surface area contributed by atoms with E-state index in [2.05, 4.69) is 5.43 Å². The average Bonchev–Trinajstić information content (AvgIpc) is 2.89. The molecule has 0 saturated carbocycles. The second-order valence-corrected chi connectivity index (χ2v) is 5.68. The minimum absolute atomic E-state index is 0.226. The number of halogens is 1. The predicted molar refractivity (Wildman–Crippen MR) is 86.3 cm³/mol. The van der Waals surface area contributed by atoms with E-state index in [1.807, 2.05) is 56.3 Å². The van der Waals surface area contributed by atoms with Crippen molar-refractivity contribution in [3.63, 3.8) is 0 Å². The average molecular weight is 301 g/mol. The van der Waals surface area contributed by atoms with Gasteiger partial charge in [0.25, 0.3) is 0 Å². The molecule has 108 valence electrons. The first-order chi connectivity index (χ1) is 10.1. The molecule has 1 aromatic heterocycles. The molecule has 21 heavy (non-hydrogen) atoms. The largest absolute Gasteiger partial charge is 0.459 e. The van der Waals surface area contributed by atoms with Crippen LogP contribution in [0.4, 0.5) is 0 Å². The van der Waals surface area contributed by atoms with Crippen molar-refractivity contribution in [2.45, 2.75) is 19.9 Å². The summed E-state index contributed by atoms with van der Waals surface area (Å²) < 4.78 is 6.02. The highest BCUT2D eigenvalue weighted by Crippen LogP contribution is 2.31. The van der Waals surface area contributed by atoms with Crippen LogP contribution >= 0.6 is 11.6 Å². The van der Waals surface area contributed by atoms with E-state index in [0.717, 1.165) is 33.4 Å². The van der Waals surface area contributed by atoms with E-state index in [-0.39, 0.29) is 6.04 Å². The fraction of sp³-hybridized carbons (Fsp3) is 0.176. The van der Waals surface area contributed by atoms with Gasteiger partial charge in [-0.05, 0) is 48.7 Å². The normalized spacial score (nSPS) is 12.8. The van der Waals surface area contributed by atoms with Crippen LogP contribution in [0.3, 0.4) is 0 Å². The van der Waals surface area contributed by atoms with Crippen molar-refractivity contribution in [3.05, 3.63) is 69.9 Å². The molecule has 3 nitrogen and oxygen atoms in total. The summed E-state index contributed by atoms with van der Waals surface area (Å²) >= 11 is 6.11. The molecular weight excluding hydrogens is 284 g/mol. The molecule has 1 heterocycles. The van der Waals surface area contributed by atoms with Gasteiger partial charge < -0.3 is 4.42 Å². The molecule has 0 aliphatic heterocycles. The van der Waals surface area contributed by atoms with E-state index in [9.17, 15) is 0 Å².